The van der Waals surface area contributed by atoms with Gasteiger partial charge in [0.15, 0.2) is 5.96 Å². The van der Waals surface area contributed by atoms with Gasteiger partial charge in [0.05, 0.1) is 5.60 Å². The van der Waals surface area contributed by atoms with Crippen LogP contribution in [0.3, 0.4) is 0 Å². The highest BCUT2D eigenvalue weighted by Crippen LogP contribution is 2.26. The summed E-state index contributed by atoms with van der Waals surface area (Å²) in [4.78, 5) is 4.17. The first kappa shape index (κ1) is 14.3. The number of nitrogens with zero attached hydrogens (tertiary/aromatic N) is 2. The van der Waals surface area contributed by atoms with Gasteiger partial charge in [0.25, 0.3) is 0 Å². The Kier molecular flexibility index (Phi) is 5.15. The fourth-order valence-corrected chi connectivity index (χ4v) is 3.32. The third-order valence-electron chi connectivity index (χ3n) is 3.22. The topological polar surface area (TPSA) is 61.6 Å². The van der Waals surface area contributed by atoms with Crippen LogP contribution in [0.1, 0.15) is 6.42 Å². The van der Waals surface area contributed by atoms with Gasteiger partial charge in [-0.1, -0.05) is 0 Å². The van der Waals surface area contributed by atoms with E-state index in [9.17, 15) is 5.11 Å². The lowest BCUT2D eigenvalue weighted by Crippen LogP contribution is -2.47. The van der Waals surface area contributed by atoms with Crippen molar-refractivity contribution in [3.8, 4) is 0 Å². The van der Waals surface area contributed by atoms with E-state index in [1.54, 1.807) is 18.8 Å². The van der Waals surface area contributed by atoms with Crippen molar-refractivity contribution in [2.75, 3.05) is 31.6 Å². The van der Waals surface area contributed by atoms with Crippen molar-refractivity contribution in [1.29, 1.82) is 0 Å². The Bertz CT molecular complexity index is 399. The molecule has 0 radical (unpaired) electrons. The first-order valence-electron chi connectivity index (χ1n) is 6.57. The van der Waals surface area contributed by atoms with Crippen molar-refractivity contribution < 1.29 is 5.11 Å². The summed E-state index contributed by atoms with van der Waals surface area (Å²) in [5.41, 5.74) is -0.581. The fourth-order valence-electron chi connectivity index (χ4n) is 2.03. The van der Waals surface area contributed by atoms with Crippen molar-refractivity contribution in [3.05, 3.63) is 24.5 Å². The van der Waals surface area contributed by atoms with Crippen LogP contribution in [-0.2, 0) is 6.54 Å². The summed E-state index contributed by atoms with van der Waals surface area (Å²) >= 11 is 1.80. The number of guanidine groups is 1. The number of thioether (sulfide) groups is 1. The van der Waals surface area contributed by atoms with Gasteiger partial charge in [-0.25, -0.2) is 0 Å². The average Bonchev–Trinajstić information content (AvgIpc) is 3.06. The summed E-state index contributed by atoms with van der Waals surface area (Å²) in [6, 6.07) is 4.03. The highest BCUT2D eigenvalue weighted by atomic mass is 32.2. The molecule has 1 unspecified atom stereocenters. The van der Waals surface area contributed by atoms with Crippen molar-refractivity contribution in [2.24, 2.45) is 4.99 Å². The summed E-state index contributed by atoms with van der Waals surface area (Å²) in [5.74, 6) is 2.59. The first-order valence-corrected chi connectivity index (χ1v) is 7.73. The van der Waals surface area contributed by atoms with Gasteiger partial charge < -0.3 is 20.3 Å². The number of aliphatic hydroxyl groups is 1. The van der Waals surface area contributed by atoms with Crippen LogP contribution in [0.5, 0.6) is 0 Å². The summed E-state index contributed by atoms with van der Waals surface area (Å²) in [5, 5.41) is 16.7. The van der Waals surface area contributed by atoms with E-state index >= 15 is 0 Å². The van der Waals surface area contributed by atoms with E-state index in [4.69, 9.17) is 0 Å². The van der Waals surface area contributed by atoms with Crippen molar-refractivity contribution >= 4 is 17.7 Å². The minimum Gasteiger partial charge on any atom is -0.387 e. The third kappa shape index (κ3) is 4.47. The van der Waals surface area contributed by atoms with E-state index in [1.807, 2.05) is 24.5 Å². The molecule has 3 N–H and O–H groups in total. The van der Waals surface area contributed by atoms with E-state index < -0.39 is 5.60 Å². The molecule has 6 heteroatoms. The zero-order chi connectivity index (χ0) is 13.6. The summed E-state index contributed by atoms with van der Waals surface area (Å²) in [6.45, 7) is 2.26. The van der Waals surface area contributed by atoms with Gasteiger partial charge in [0, 0.05) is 44.8 Å². The molecule has 0 saturated carbocycles. The third-order valence-corrected chi connectivity index (χ3v) is 4.45. The Balaban J connectivity index is 1.68. The minimum absolute atomic E-state index is 0.559. The van der Waals surface area contributed by atoms with Crippen LogP contribution < -0.4 is 10.6 Å². The van der Waals surface area contributed by atoms with Gasteiger partial charge in [-0.2, -0.15) is 11.8 Å². The Labute approximate surface area is 118 Å². The second-order valence-electron chi connectivity index (χ2n) is 4.80. The number of rotatable bonds is 5. The van der Waals surface area contributed by atoms with Crippen molar-refractivity contribution in [2.45, 2.75) is 18.6 Å². The molecule has 0 aliphatic carbocycles. The molecule has 0 amide bonds. The van der Waals surface area contributed by atoms with Crippen molar-refractivity contribution in [1.82, 2.24) is 15.2 Å². The maximum absolute atomic E-state index is 10.2. The first-order chi connectivity index (χ1) is 9.22. The zero-order valence-electron chi connectivity index (χ0n) is 11.3. The highest BCUT2D eigenvalue weighted by molar-refractivity contribution is 7.99. The smallest absolute Gasteiger partial charge is 0.191 e. The van der Waals surface area contributed by atoms with Crippen LogP contribution in [0.4, 0.5) is 0 Å². The minimum atomic E-state index is -0.581. The van der Waals surface area contributed by atoms with Crippen molar-refractivity contribution in [3.63, 3.8) is 0 Å². The van der Waals surface area contributed by atoms with E-state index in [0.29, 0.717) is 6.54 Å². The number of aromatic nitrogens is 1. The molecule has 2 rings (SSSR count). The fraction of sp³-hybridized carbons (Fsp3) is 0.615. The largest absolute Gasteiger partial charge is 0.387 e. The monoisotopic (exact) mass is 282 g/mol. The molecule has 1 atom stereocenters. The van der Waals surface area contributed by atoms with E-state index in [-0.39, 0.29) is 0 Å². The Morgan fingerprint density at radius 2 is 2.21 bits per heavy atom. The predicted molar refractivity (Wildman–Crippen MR) is 80.7 cm³/mol. The Hall–Kier alpha value is -1.14. The van der Waals surface area contributed by atoms with Crippen LogP contribution in [0, 0.1) is 0 Å². The van der Waals surface area contributed by atoms with Crippen LogP contribution >= 0.6 is 11.8 Å². The van der Waals surface area contributed by atoms with Crippen LogP contribution in [0.2, 0.25) is 0 Å². The molecule has 0 bridgehead atoms. The lowest BCUT2D eigenvalue weighted by atomic mass is 10.0. The standard InChI is InChI=1S/C13H22N4OS/c1-14-12(15-5-8-17-6-2-3-7-17)16-10-13(18)4-9-19-11-13/h2-3,6-7,18H,4-5,8-11H2,1H3,(H2,14,15,16). The van der Waals surface area contributed by atoms with Gasteiger partial charge in [0.1, 0.15) is 0 Å². The molecular formula is C13H22N4OS. The number of nitrogens with one attached hydrogen (secondary N) is 2. The van der Waals surface area contributed by atoms with Gasteiger partial charge in [0.2, 0.25) is 0 Å². The second kappa shape index (κ2) is 6.86. The maximum Gasteiger partial charge on any atom is 0.191 e. The summed E-state index contributed by atoms with van der Waals surface area (Å²) in [6.07, 6.45) is 4.93. The Morgan fingerprint density at radius 1 is 1.42 bits per heavy atom. The summed E-state index contributed by atoms with van der Waals surface area (Å²) < 4.78 is 2.11. The molecule has 1 saturated heterocycles. The molecule has 1 fully saturated rings. The quantitative estimate of drug-likeness (QED) is 0.544. The molecule has 1 aliphatic rings. The van der Waals surface area contributed by atoms with Gasteiger partial charge in [-0.05, 0) is 24.3 Å². The van der Waals surface area contributed by atoms with Crippen LogP contribution in [0.25, 0.3) is 0 Å². The van der Waals surface area contributed by atoms with Gasteiger partial charge >= 0.3 is 0 Å². The molecule has 19 heavy (non-hydrogen) atoms. The normalized spacial score (nSPS) is 23.6. The lowest BCUT2D eigenvalue weighted by molar-refractivity contribution is 0.0724. The molecule has 0 aromatic carbocycles. The van der Waals surface area contributed by atoms with Crippen LogP contribution in [-0.4, -0.2) is 52.9 Å². The molecule has 2 heterocycles. The molecule has 1 aromatic rings. The molecule has 0 spiro atoms. The second-order valence-corrected chi connectivity index (χ2v) is 5.91. The van der Waals surface area contributed by atoms with Crippen LogP contribution in [0.15, 0.2) is 29.5 Å². The number of hydrogen-bond donors (Lipinski definition) is 3. The Morgan fingerprint density at radius 3 is 2.84 bits per heavy atom. The van der Waals surface area contributed by atoms with Gasteiger partial charge in [-0.3, -0.25) is 4.99 Å². The highest BCUT2D eigenvalue weighted by Gasteiger charge is 2.31. The molecular weight excluding hydrogens is 260 g/mol. The zero-order valence-corrected chi connectivity index (χ0v) is 12.1. The SMILES string of the molecule is CN=C(NCCn1cccc1)NCC1(O)CCSC1. The van der Waals surface area contributed by atoms with E-state index in [2.05, 4.69) is 20.2 Å². The van der Waals surface area contributed by atoms with E-state index in [1.165, 1.54) is 0 Å². The predicted octanol–water partition coefficient (Wildman–Crippen LogP) is 0.521. The molecule has 5 nitrogen and oxygen atoms in total. The average molecular weight is 282 g/mol. The summed E-state index contributed by atoms with van der Waals surface area (Å²) in [7, 11) is 1.75. The lowest BCUT2D eigenvalue weighted by Gasteiger charge is -2.23. The number of hydrogen-bond acceptors (Lipinski definition) is 3. The van der Waals surface area contributed by atoms with E-state index in [0.717, 1.165) is 37.0 Å². The van der Waals surface area contributed by atoms with Gasteiger partial charge in [-0.15, -0.1) is 0 Å². The molecule has 106 valence electrons. The molecule has 1 aromatic heterocycles. The number of aliphatic imine (C=N–C) groups is 1. The molecule has 1 aliphatic heterocycles. The maximum atomic E-state index is 10.2.